The fraction of sp³-hybridized carbons (Fsp3) is 0.308. The van der Waals surface area contributed by atoms with Gasteiger partial charge in [-0.1, -0.05) is 24.1 Å². The molecule has 0 aromatic heterocycles. The summed E-state index contributed by atoms with van der Waals surface area (Å²) < 4.78 is 13.4. The Balaban J connectivity index is 2.50. The zero-order valence-electron chi connectivity index (χ0n) is 9.66. The molecule has 0 bridgehead atoms. The van der Waals surface area contributed by atoms with E-state index >= 15 is 0 Å². The first-order chi connectivity index (χ1) is 8.15. The van der Waals surface area contributed by atoms with E-state index in [0.29, 0.717) is 12.1 Å². The van der Waals surface area contributed by atoms with Crippen LogP contribution in [0.3, 0.4) is 0 Å². The lowest BCUT2D eigenvalue weighted by Crippen LogP contribution is -2.35. The fourth-order valence-electron chi connectivity index (χ4n) is 1.44. The Morgan fingerprint density at radius 1 is 1.53 bits per heavy atom. The molecule has 0 saturated carbocycles. The smallest absolute Gasteiger partial charge is 0.234 e. The maximum absolute atomic E-state index is 13.4. The van der Waals surface area contributed by atoms with Crippen LogP contribution in [0.2, 0.25) is 0 Å². The van der Waals surface area contributed by atoms with Crippen molar-refractivity contribution < 1.29 is 9.18 Å². The number of halogens is 1. The second-order valence-electron chi connectivity index (χ2n) is 3.62. The molecule has 17 heavy (non-hydrogen) atoms. The first kappa shape index (κ1) is 13.2. The van der Waals surface area contributed by atoms with Crippen molar-refractivity contribution >= 4 is 5.91 Å². The van der Waals surface area contributed by atoms with Gasteiger partial charge in [0.15, 0.2) is 0 Å². The van der Waals surface area contributed by atoms with Gasteiger partial charge in [-0.25, -0.2) is 4.39 Å². The van der Waals surface area contributed by atoms with Crippen LogP contribution in [0.4, 0.5) is 4.39 Å². The van der Waals surface area contributed by atoms with Crippen LogP contribution in [-0.2, 0) is 4.79 Å². The third kappa shape index (κ3) is 4.25. The molecule has 0 spiro atoms. The summed E-state index contributed by atoms with van der Waals surface area (Å²) in [4.78, 5) is 11.4. The van der Waals surface area contributed by atoms with Gasteiger partial charge >= 0.3 is 0 Å². The molecule has 0 aliphatic rings. The van der Waals surface area contributed by atoms with Gasteiger partial charge in [-0.05, 0) is 13.0 Å². The zero-order chi connectivity index (χ0) is 12.7. The molecule has 1 atom stereocenters. The molecule has 1 aromatic carbocycles. The maximum atomic E-state index is 13.4. The summed E-state index contributed by atoms with van der Waals surface area (Å²) in [5.74, 6) is 1.83. The first-order valence-electron chi connectivity index (χ1n) is 5.33. The largest absolute Gasteiger partial charge is 0.348 e. The van der Waals surface area contributed by atoms with Gasteiger partial charge in [-0.2, -0.15) is 0 Å². The quantitative estimate of drug-likeness (QED) is 0.594. The van der Waals surface area contributed by atoms with Crippen LogP contribution in [0.1, 0.15) is 18.5 Å². The van der Waals surface area contributed by atoms with Crippen LogP contribution in [0.5, 0.6) is 0 Å². The van der Waals surface area contributed by atoms with Crippen LogP contribution in [-0.4, -0.2) is 19.0 Å². The molecular weight excluding hydrogens is 219 g/mol. The van der Waals surface area contributed by atoms with Crippen LogP contribution in [0.25, 0.3) is 0 Å². The van der Waals surface area contributed by atoms with Crippen molar-refractivity contribution in [3.05, 3.63) is 35.6 Å². The van der Waals surface area contributed by atoms with E-state index in [1.54, 1.807) is 25.1 Å². The Morgan fingerprint density at radius 2 is 2.24 bits per heavy atom. The van der Waals surface area contributed by atoms with Gasteiger partial charge in [-0.3, -0.25) is 10.1 Å². The molecule has 1 aromatic rings. The Kier molecular flexibility index (Phi) is 5.18. The molecule has 1 unspecified atom stereocenters. The lowest BCUT2D eigenvalue weighted by atomic mass is 10.1. The Hall–Kier alpha value is -1.86. The summed E-state index contributed by atoms with van der Waals surface area (Å²) in [6.07, 6.45) is 5.03. The molecule has 0 radical (unpaired) electrons. The van der Waals surface area contributed by atoms with E-state index in [-0.39, 0.29) is 24.3 Å². The van der Waals surface area contributed by atoms with Crippen molar-refractivity contribution in [3.63, 3.8) is 0 Å². The molecule has 0 saturated heterocycles. The number of hydrogen-bond acceptors (Lipinski definition) is 2. The van der Waals surface area contributed by atoms with Crippen LogP contribution in [0, 0.1) is 18.2 Å². The lowest BCUT2D eigenvalue weighted by Gasteiger charge is -2.14. The number of nitrogens with one attached hydrogen (secondary N) is 2. The number of terminal acetylenes is 1. The summed E-state index contributed by atoms with van der Waals surface area (Å²) in [6, 6.07) is 6.00. The van der Waals surface area contributed by atoms with Crippen LogP contribution in [0.15, 0.2) is 24.3 Å². The van der Waals surface area contributed by atoms with Gasteiger partial charge in [0, 0.05) is 5.56 Å². The molecule has 3 nitrogen and oxygen atoms in total. The van der Waals surface area contributed by atoms with Gasteiger partial charge in [0.1, 0.15) is 5.82 Å². The standard InChI is InChI=1S/C13H15FN2O/c1-3-8-15-9-13(17)16-10(2)11-6-4-5-7-12(11)14/h1,4-7,10,15H,8-9H2,2H3,(H,16,17). The van der Waals surface area contributed by atoms with E-state index in [2.05, 4.69) is 16.6 Å². The van der Waals surface area contributed by atoms with Crippen LogP contribution >= 0.6 is 0 Å². The Bertz CT molecular complexity index is 426. The van der Waals surface area contributed by atoms with Crippen LogP contribution < -0.4 is 10.6 Å². The average Bonchev–Trinajstić information content (AvgIpc) is 2.29. The number of carbonyl (C=O) groups excluding carboxylic acids is 1. The second kappa shape index (κ2) is 6.66. The minimum atomic E-state index is -0.365. The summed E-state index contributed by atoms with van der Waals surface area (Å²) in [6.45, 7) is 2.20. The fourth-order valence-corrected chi connectivity index (χ4v) is 1.44. The minimum Gasteiger partial charge on any atom is -0.348 e. The zero-order valence-corrected chi connectivity index (χ0v) is 9.66. The third-order valence-electron chi connectivity index (χ3n) is 2.26. The number of carbonyl (C=O) groups is 1. The van der Waals surface area contributed by atoms with Gasteiger partial charge in [0.25, 0.3) is 0 Å². The maximum Gasteiger partial charge on any atom is 0.234 e. The third-order valence-corrected chi connectivity index (χ3v) is 2.26. The van der Waals surface area contributed by atoms with E-state index in [9.17, 15) is 9.18 Å². The molecule has 1 amide bonds. The molecule has 4 heteroatoms. The van der Waals surface area contributed by atoms with E-state index < -0.39 is 0 Å². The molecule has 1 rings (SSSR count). The van der Waals surface area contributed by atoms with Gasteiger partial charge in [0.05, 0.1) is 19.1 Å². The van der Waals surface area contributed by atoms with Crippen molar-refractivity contribution in [1.29, 1.82) is 0 Å². The second-order valence-corrected chi connectivity index (χ2v) is 3.62. The van der Waals surface area contributed by atoms with Crippen molar-refractivity contribution in [1.82, 2.24) is 10.6 Å². The number of hydrogen-bond donors (Lipinski definition) is 2. The van der Waals surface area contributed by atoms with E-state index in [0.717, 1.165) is 0 Å². The average molecular weight is 234 g/mol. The highest BCUT2D eigenvalue weighted by Gasteiger charge is 2.12. The molecule has 0 aliphatic heterocycles. The highest BCUT2D eigenvalue weighted by molar-refractivity contribution is 5.78. The number of benzene rings is 1. The summed E-state index contributed by atoms with van der Waals surface area (Å²) >= 11 is 0. The Morgan fingerprint density at radius 3 is 2.88 bits per heavy atom. The highest BCUT2D eigenvalue weighted by atomic mass is 19.1. The molecule has 0 heterocycles. The summed E-state index contributed by atoms with van der Waals surface area (Å²) in [7, 11) is 0. The predicted octanol–water partition coefficient (Wildman–Crippen LogP) is 1.23. The highest BCUT2D eigenvalue weighted by Crippen LogP contribution is 2.15. The first-order valence-corrected chi connectivity index (χ1v) is 5.33. The lowest BCUT2D eigenvalue weighted by molar-refractivity contribution is -0.120. The molecular formula is C13H15FN2O. The van der Waals surface area contributed by atoms with Crippen molar-refractivity contribution in [2.45, 2.75) is 13.0 Å². The normalized spacial score (nSPS) is 11.6. The molecule has 0 aliphatic carbocycles. The molecule has 0 fully saturated rings. The number of amides is 1. The van der Waals surface area contributed by atoms with Crippen molar-refractivity contribution in [3.8, 4) is 12.3 Å². The van der Waals surface area contributed by atoms with Crippen molar-refractivity contribution in [2.75, 3.05) is 13.1 Å². The topological polar surface area (TPSA) is 41.1 Å². The Labute approximate surface area is 100 Å². The van der Waals surface area contributed by atoms with E-state index in [4.69, 9.17) is 6.42 Å². The molecule has 2 N–H and O–H groups in total. The van der Waals surface area contributed by atoms with Crippen molar-refractivity contribution in [2.24, 2.45) is 0 Å². The van der Waals surface area contributed by atoms with E-state index in [1.807, 2.05) is 0 Å². The van der Waals surface area contributed by atoms with E-state index in [1.165, 1.54) is 6.07 Å². The molecule has 90 valence electrons. The summed E-state index contributed by atoms with van der Waals surface area (Å²) in [5.41, 5.74) is 0.470. The van der Waals surface area contributed by atoms with Gasteiger partial charge in [-0.15, -0.1) is 6.42 Å². The monoisotopic (exact) mass is 234 g/mol. The SMILES string of the molecule is C#CCNCC(=O)NC(C)c1ccccc1F. The summed E-state index contributed by atoms with van der Waals surface area (Å²) in [5, 5.41) is 5.45. The van der Waals surface area contributed by atoms with Gasteiger partial charge < -0.3 is 5.32 Å². The van der Waals surface area contributed by atoms with Gasteiger partial charge in [0.2, 0.25) is 5.91 Å². The number of rotatable bonds is 5. The predicted molar refractivity (Wildman–Crippen MR) is 64.7 cm³/mol. The minimum absolute atomic E-state index is 0.128.